The van der Waals surface area contributed by atoms with Crippen LogP contribution in [-0.2, 0) is 5.75 Å². The van der Waals surface area contributed by atoms with Crippen LogP contribution in [0.3, 0.4) is 0 Å². The maximum absolute atomic E-state index is 12.5. The zero-order valence-electron chi connectivity index (χ0n) is 15.6. The number of benzene rings is 3. The Balaban J connectivity index is 1.68. The van der Waals surface area contributed by atoms with Crippen LogP contribution < -0.4 is 5.32 Å². The van der Waals surface area contributed by atoms with Crippen molar-refractivity contribution in [2.75, 3.05) is 5.32 Å². The summed E-state index contributed by atoms with van der Waals surface area (Å²) in [6, 6.07) is 20.5. The van der Waals surface area contributed by atoms with Gasteiger partial charge in [0.25, 0.3) is 11.6 Å². The first-order valence-corrected chi connectivity index (χ1v) is 9.76. The molecule has 0 saturated heterocycles. The zero-order chi connectivity index (χ0) is 20.1. The normalized spacial score (nSPS) is 10.5. The molecule has 0 radical (unpaired) electrons. The first kappa shape index (κ1) is 19.6. The summed E-state index contributed by atoms with van der Waals surface area (Å²) in [7, 11) is 0. The van der Waals surface area contributed by atoms with Gasteiger partial charge in [-0.1, -0.05) is 30.3 Å². The molecule has 0 unspecified atom stereocenters. The molecule has 1 N–H and O–H groups in total. The van der Waals surface area contributed by atoms with E-state index in [0.717, 1.165) is 17.0 Å². The highest BCUT2D eigenvalue weighted by atomic mass is 32.2. The van der Waals surface area contributed by atoms with E-state index in [1.54, 1.807) is 18.7 Å². The molecule has 0 spiro atoms. The molecule has 0 heterocycles. The van der Waals surface area contributed by atoms with Crippen molar-refractivity contribution in [3.05, 3.63) is 99.1 Å². The number of thioether (sulfide) groups is 1. The van der Waals surface area contributed by atoms with Gasteiger partial charge in [0, 0.05) is 33.5 Å². The summed E-state index contributed by atoms with van der Waals surface area (Å²) >= 11 is 1.76. The average Bonchev–Trinajstić information content (AvgIpc) is 2.68. The number of hydrogen-bond acceptors (Lipinski definition) is 4. The number of aryl methyl sites for hydroxylation is 2. The third kappa shape index (κ3) is 4.78. The predicted octanol–water partition coefficient (Wildman–Crippen LogP) is 5.76. The monoisotopic (exact) mass is 392 g/mol. The number of carbonyl (C=O) groups is 1. The van der Waals surface area contributed by atoms with Crippen LogP contribution in [0.1, 0.15) is 27.0 Å². The minimum absolute atomic E-state index is 0.00741. The second-order valence-corrected chi connectivity index (χ2v) is 7.51. The Morgan fingerprint density at radius 3 is 2.39 bits per heavy atom. The maximum atomic E-state index is 12.5. The number of carbonyl (C=O) groups excluding carboxylic acids is 1. The molecule has 0 aliphatic heterocycles. The lowest BCUT2D eigenvalue weighted by Crippen LogP contribution is -2.13. The van der Waals surface area contributed by atoms with Crippen molar-refractivity contribution < 1.29 is 9.72 Å². The van der Waals surface area contributed by atoms with Gasteiger partial charge in [0.2, 0.25) is 0 Å². The van der Waals surface area contributed by atoms with E-state index in [-0.39, 0.29) is 11.6 Å². The van der Waals surface area contributed by atoms with Crippen molar-refractivity contribution in [3.8, 4) is 0 Å². The van der Waals surface area contributed by atoms with Gasteiger partial charge < -0.3 is 5.32 Å². The van der Waals surface area contributed by atoms with Gasteiger partial charge in [-0.05, 0) is 55.3 Å². The van der Waals surface area contributed by atoms with E-state index in [4.69, 9.17) is 0 Å². The largest absolute Gasteiger partial charge is 0.322 e. The summed E-state index contributed by atoms with van der Waals surface area (Å²) in [4.78, 5) is 24.2. The molecule has 1 amide bonds. The van der Waals surface area contributed by atoms with Gasteiger partial charge in [0.05, 0.1) is 4.92 Å². The van der Waals surface area contributed by atoms with Gasteiger partial charge in [-0.15, -0.1) is 11.8 Å². The first-order valence-electron chi connectivity index (χ1n) is 8.78. The number of nitro groups is 1. The summed E-state index contributed by atoms with van der Waals surface area (Å²) < 4.78 is 0. The lowest BCUT2D eigenvalue weighted by molar-refractivity contribution is -0.385. The summed E-state index contributed by atoms with van der Waals surface area (Å²) in [5.74, 6) is 0.563. The number of rotatable bonds is 6. The van der Waals surface area contributed by atoms with Crippen molar-refractivity contribution >= 4 is 29.0 Å². The van der Waals surface area contributed by atoms with Gasteiger partial charge in [-0.3, -0.25) is 14.9 Å². The molecule has 0 atom stereocenters. The summed E-state index contributed by atoms with van der Waals surface area (Å²) in [5, 5.41) is 13.8. The molecule has 28 heavy (non-hydrogen) atoms. The molecule has 0 aromatic heterocycles. The number of hydrogen-bond donors (Lipinski definition) is 1. The number of nitrogens with zero attached hydrogens (tertiary/aromatic N) is 1. The van der Waals surface area contributed by atoms with E-state index in [0.29, 0.717) is 11.1 Å². The SMILES string of the molecule is Cc1cc(CSc2ccccc2)ccc1NC(=O)c1ccc([N+](=O)[O-])c(C)c1. The molecule has 5 nitrogen and oxygen atoms in total. The highest BCUT2D eigenvalue weighted by Crippen LogP contribution is 2.25. The minimum atomic E-state index is -0.451. The highest BCUT2D eigenvalue weighted by Gasteiger charge is 2.14. The average molecular weight is 392 g/mol. The smallest absolute Gasteiger partial charge is 0.272 e. The molecule has 3 aromatic carbocycles. The summed E-state index contributed by atoms with van der Waals surface area (Å²) in [6.45, 7) is 3.58. The molecule has 0 aliphatic carbocycles. The second-order valence-electron chi connectivity index (χ2n) is 6.46. The van der Waals surface area contributed by atoms with E-state index >= 15 is 0 Å². The van der Waals surface area contributed by atoms with Crippen LogP contribution in [0.25, 0.3) is 0 Å². The standard InChI is InChI=1S/C22H20N2O3S/c1-15-12-17(14-28-19-6-4-3-5-7-19)8-10-20(15)23-22(25)18-9-11-21(24(26)27)16(2)13-18/h3-13H,14H2,1-2H3,(H,23,25). The molecule has 0 bridgehead atoms. The fourth-order valence-electron chi connectivity index (χ4n) is 2.84. The van der Waals surface area contributed by atoms with Gasteiger partial charge in [-0.2, -0.15) is 0 Å². The molecule has 142 valence electrons. The lowest BCUT2D eigenvalue weighted by Gasteiger charge is -2.11. The van der Waals surface area contributed by atoms with Crippen molar-refractivity contribution in [3.63, 3.8) is 0 Å². The van der Waals surface area contributed by atoms with Crippen molar-refractivity contribution in [1.82, 2.24) is 0 Å². The molecular weight excluding hydrogens is 372 g/mol. The Kier molecular flexibility index (Phi) is 6.11. The van der Waals surface area contributed by atoms with Crippen LogP contribution in [0.2, 0.25) is 0 Å². The number of anilines is 1. The lowest BCUT2D eigenvalue weighted by atomic mass is 10.1. The van der Waals surface area contributed by atoms with Crippen LogP contribution in [0.4, 0.5) is 11.4 Å². The molecule has 3 rings (SSSR count). The second kappa shape index (κ2) is 8.71. The van der Waals surface area contributed by atoms with Crippen molar-refractivity contribution in [2.45, 2.75) is 24.5 Å². The molecule has 0 saturated carbocycles. The third-order valence-electron chi connectivity index (χ3n) is 4.34. The van der Waals surface area contributed by atoms with Crippen molar-refractivity contribution in [1.29, 1.82) is 0 Å². The van der Waals surface area contributed by atoms with Crippen molar-refractivity contribution in [2.24, 2.45) is 0 Å². The Morgan fingerprint density at radius 1 is 1.00 bits per heavy atom. The number of nitrogens with one attached hydrogen (secondary N) is 1. The van der Waals surface area contributed by atoms with E-state index in [2.05, 4.69) is 23.5 Å². The molecule has 0 fully saturated rings. The Hall–Kier alpha value is -3.12. The first-order chi connectivity index (χ1) is 13.4. The van der Waals surface area contributed by atoms with E-state index in [9.17, 15) is 14.9 Å². The van der Waals surface area contributed by atoms with E-state index < -0.39 is 4.92 Å². The quantitative estimate of drug-likeness (QED) is 0.329. The van der Waals surface area contributed by atoms with Gasteiger partial charge in [-0.25, -0.2) is 0 Å². The maximum Gasteiger partial charge on any atom is 0.272 e. The third-order valence-corrected chi connectivity index (χ3v) is 5.43. The topological polar surface area (TPSA) is 72.2 Å². The van der Waals surface area contributed by atoms with Crippen LogP contribution in [0, 0.1) is 24.0 Å². The highest BCUT2D eigenvalue weighted by molar-refractivity contribution is 7.98. The van der Waals surface area contributed by atoms with Gasteiger partial charge in [0.1, 0.15) is 0 Å². The zero-order valence-corrected chi connectivity index (χ0v) is 16.5. The van der Waals surface area contributed by atoms with Crippen LogP contribution in [0.15, 0.2) is 71.6 Å². The molecule has 6 heteroatoms. The molecule has 0 aliphatic rings. The summed E-state index contributed by atoms with van der Waals surface area (Å²) in [5.41, 5.74) is 3.74. The van der Waals surface area contributed by atoms with Gasteiger partial charge in [0.15, 0.2) is 0 Å². The molecule has 3 aromatic rings. The van der Waals surface area contributed by atoms with E-state index in [1.165, 1.54) is 28.7 Å². The van der Waals surface area contributed by atoms with Gasteiger partial charge >= 0.3 is 0 Å². The predicted molar refractivity (Wildman–Crippen MR) is 113 cm³/mol. The number of nitro benzene ring substituents is 1. The van der Waals surface area contributed by atoms with Crippen LogP contribution >= 0.6 is 11.8 Å². The molecular formula is C22H20N2O3S. The van der Waals surface area contributed by atoms with E-state index in [1.807, 2.05) is 37.3 Å². The fourth-order valence-corrected chi connectivity index (χ4v) is 3.70. The Labute approximate surface area is 167 Å². The Morgan fingerprint density at radius 2 is 1.75 bits per heavy atom. The minimum Gasteiger partial charge on any atom is -0.322 e. The Bertz CT molecular complexity index is 1020. The number of amides is 1. The summed E-state index contributed by atoms with van der Waals surface area (Å²) in [6.07, 6.45) is 0. The van der Waals surface area contributed by atoms with Crippen LogP contribution in [-0.4, -0.2) is 10.8 Å². The fraction of sp³-hybridized carbons (Fsp3) is 0.136. The van der Waals surface area contributed by atoms with Crippen LogP contribution in [0.5, 0.6) is 0 Å².